The third-order valence-corrected chi connectivity index (χ3v) is 2.13. The van der Waals surface area contributed by atoms with Gasteiger partial charge in [0.2, 0.25) is 5.91 Å². The summed E-state index contributed by atoms with van der Waals surface area (Å²) in [6.45, 7) is 0.730. The van der Waals surface area contributed by atoms with Gasteiger partial charge in [-0.3, -0.25) is 9.59 Å². The summed E-state index contributed by atoms with van der Waals surface area (Å²) < 4.78 is 10.1. The van der Waals surface area contributed by atoms with Crippen LogP contribution in [-0.2, 0) is 23.9 Å². The van der Waals surface area contributed by atoms with Crippen molar-refractivity contribution in [1.82, 2.24) is 5.32 Å². The number of hydrogen-bond donors (Lipinski definition) is 3. The van der Waals surface area contributed by atoms with Gasteiger partial charge in [-0.05, 0) is 0 Å². The Hall–Kier alpha value is -1.67. The number of carboxylic acid groups (broad SMARTS) is 1. The minimum Gasteiger partial charge on any atom is -0.480 e. The van der Waals surface area contributed by atoms with E-state index in [2.05, 4.69) is 5.32 Å². The SMILES string of the molecule is NC(=O)CC(NC(=O)C1COCCO1)C(=O)O. The van der Waals surface area contributed by atoms with Crippen molar-refractivity contribution in [3.05, 3.63) is 0 Å². The Kier molecular flexibility index (Phi) is 4.85. The van der Waals surface area contributed by atoms with Crippen molar-refractivity contribution in [3.63, 3.8) is 0 Å². The standard InChI is InChI=1S/C9H14N2O6/c10-7(12)3-5(9(14)15)11-8(13)6-4-16-1-2-17-6/h5-6H,1-4H2,(H2,10,12)(H,11,13)(H,14,15). The predicted octanol–water partition coefficient (Wildman–Crippen LogP) is -2.15. The van der Waals surface area contributed by atoms with Crippen LogP contribution in [0.4, 0.5) is 0 Å². The van der Waals surface area contributed by atoms with E-state index in [0.29, 0.717) is 6.61 Å². The predicted molar refractivity (Wildman–Crippen MR) is 53.9 cm³/mol. The number of carbonyl (C=O) groups excluding carboxylic acids is 2. The van der Waals surface area contributed by atoms with Crippen molar-refractivity contribution < 1.29 is 29.0 Å². The minimum absolute atomic E-state index is 0.0642. The highest BCUT2D eigenvalue weighted by molar-refractivity contribution is 5.89. The van der Waals surface area contributed by atoms with Crippen LogP contribution in [0.3, 0.4) is 0 Å². The summed E-state index contributed by atoms with van der Waals surface area (Å²) in [5, 5.41) is 10.9. The molecule has 2 amide bonds. The number of rotatable bonds is 5. The molecule has 8 nitrogen and oxygen atoms in total. The molecule has 0 saturated carbocycles. The lowest BCUT2D eigenvalue weighted by Gasteiger charge is -2.23. The lowest BCUT2D eigenvalue weighted by atomic mass is 10.2. The number of nitrogens with one attached hydrogen (secondary N) is 1. The van der Waals surface area contributed by atoms with Crippen molar-refractivity contribution in [3.8, 4) is 0 Å². The number of carbonyl (C=O) groups is 3. The molecule has 0 radical (unpaired) electrons. The molecule has 2 unspecified atom stereocenters. The van der Waals surface area contributed by atoms with Crippen LogP contribution in [0.25, 0.3) is 0 Å². The first-order chi connectivity index (χ1) is 8.00. The fraction of sp³-hybridized carbons (Fsp3) is 0.667. The van der Waals surface area contributed by atoms with Gasteiger partial charge in [-0.25, -0.2) is 4.79 Å². The Balaban J connectivity index is 2.50. The number of primary amides is 1. The molecule has 1 rings (SSSR count). The topological polar surface area (TPSA) is 128 Å². The quantitative estimate of drug-likeness (QED) is 0.507. The van der Waals surface area contributed by atoms with Gasteiger partial charge in [0.1, 0.15) is 6.04 Å². The Morgan fingerprint density at radius 3 is 2.59 bits per heavy atom. The molecule has 0 aromatic rings. The molecule has 0 aliphatic carbocycles. The van der Waals surface area contributed by atoms with Gasteiger partial charge in [0.05, 0.1) is 26.2 Å². The summed E-state index contributed by atoms with van der Waals surface area (Å²) in [6.07, 6.45) is -1.31. The summed E-state index contributed by atoms with van der Waals surface area (Å²) >= 11 is 0. The Labute approximate surface area is 97.0 Å². The largest absolute Gasteiger partial charge is 0.480 e. The molecule has 2 atom stereocenters. The maximum atomic E-state index is 11.6. The van der Waals surface area contributed by atoms with Crippen LogP contribution < -0.4 is 11.1 Å². The number of aliphatic carboxylic acids is 1. The zero-order valence-corrected chi connectivity index (χ0v) is 9.05. The first-order valence-electron chi connectivity index (χ1n) is 5.01. The van der Waals surface area contributed by atoms with Crippen molar-refractivity contribution in [2.45, 2.75) is 18.6 Å². The van der Waals surface area contributed by atoms with Crippen LogP contribution in [0.15, 0.2) is 0 Å². The van der Waals surface area contributed by atoms with Gasteiger partial charge >= 0.3 is 5.97 Å². The fourth-order valence-corrected chi connectivity index (χ4v) is 1.31. The van der Waals surface area contributed by atoms with E-state index < -0.39 is 36.4 Å². The monoisotopic (exact) mass is 246 g/mol. The number of ether oxygens (including phenoxy) is 2. The van der Waals surface area contributed by atoms with Crippen molar-refractivity contribution in [1.29, 1.82) is 0 Å². The van der Waals surface area contributed by atoms with E-state index in [1.165, 1.54) is 0 Å². The maximum absolute atomic E-state index is 11.6. The Bertz CT molecular complexity index is 313. The normalized spacial score (nSPS) is 21.5. The molecule has 17 heavy (non-hydrogen) atoms. The third-order valence-electron chi connectivity index (χ3n) is 2.13. The molecule has 96 valence electrons. The van der Waals surface area contributed by atoms with E-state index in [1.54, 1.807) is 0 Å². The van der Waals surface area contributed by atoms with Crippen LogP contribution in [0.1, 0.15) is 6.42 Å². The Morgan fingerprint density at radius 2 is 2.12 bits per heavy atom. The average molecular weight is 246 g/mol. The molecule has 0 bridgehead atoms. The molecule has 1 fully saturated rings. The third kappa shape index (κ3) is 4.37. The van der Waals surface area contributed by atoms with Crippen LogP contribution in [0.2, 0.25) is 0 Å². The molecule has 4 N–H and O–H groups in total. The molecule has 1 aliphatic rings. The Morgan fingerprint density at radius 1 is 1.41 bits per heavy atom. The minimum atomic E-state index is -1.34. The van der Waals surface area contributed by atoms with E-state index >= 15 is 0 Å². The lowest BCUT2D eigenvalue weighted by molar-refractivity contribution is -0.152. The molecule has 0 spiro atoms. The molecule has 0 aromatic carbocycles. The van der Waals surface area contributed by atoms with Crippen molar-refractivity contribution >= 4 is 17.8 Å². The van der Waals surface area contributed by atoms with Gasteiger partial charge in [0, 0.05) is 0 Å². The van der Waals surface area contributed by atoms with Crippen LogP contribution in [-0.4, -0.2) is 54.9 Å². The maximum Gasteiger partial charge on any atom is 0.326 e. The zero-order chi connectivity index (χ0) is 12.8. The summed E-state index contributed by atoms with van der Waals surface area (Å²) in [6, 6.07) is -1.34. The average Bonchev–Trinajstić information content (AvgIpc) is 2.28. The van der Waals surface area contributed by atoms with Gasteiger partial charge in [-0.2, -0.15) is 0 Å². The smallest absolute Gasteiger partial charge is 0.326 e. The van der Waals surface area contributed by atoms with Crippen LogP contribution >= 0.6 is 0 Å². The van der Waals surface area contributed by atoms with E-state index in [4.69, 9.17) is 20.3 Å². The van der Waals surface area contributed by atoms with Crippen LogP contribution in [0.5, 0.6) is 0 Å². The van der Waals surface area contributed by atoms with Crippen molar-refractivity contribution in [2.75, 3.05) is 19.8 Å². The second kappa shape index (κ2) is 6.16. The molecule has 1 heterocycles. The highest BCUT2D eigenvalue weighted by Gasteiger charge is 2.28. The highest BCUT2D eigenvalue weighted by Crippen LogP contribution is 2.02. The molecule has 8 heteroatoms. The first-order valence-corrected chi connectivity index (χ1v) is 5.01. The molecule has 0 aromatic heterocycles. The molecule has 1 aliphatic heterocycles. The lowest BCUT2D eigenvalue weighted by Crippen LogP contribution is -2.50. The van der Waals surface area contributed by atoms with Gasteiger partial charge < -0.3 is 25.6 Å². The van der Waals surface area contributed by atoms with E-state index in [1.807, 2.05) is 0 Å². The second-order valence-electron chi connectivity index (χ2n) is 3.50. The van der Waals surface area contributed by atoms with Gasteiger partial charge in [-0.15, -0.1) is 0 Å². The summed E-state index contributed by atoms with van der Waals surface area (Å²) in [4.78, 5) is 32.9. The van der Waals surface area contributed by atoms with Gasteiger partial charge in [0.25, 0.3) is 5.91 Å². The summed E-state index contributed by atoms with van der Waals surface area (Å²) in [5.74, 6) is -2.76. The summed E-state index contributed by atoms with van der Waals surface area (Å²) in [5.41, 5.74) is 4.88. The zero-order valence-electron chi connectivity index (χ0n) is 9.05. The number of hydrogen-bond acceptors (Lipinski definition) is 5. The fourth-order valence-electron chi connectivity index (χ4n) is 1.31. The van der Waals surface area contributed by atoms with Crippen molar-refractivity contribution in [2.24, 2.45) is 5.73 Å². The number of nitrogens with two attached hydrogens (primary N) is 1. The number of amides is 2. The first kappa shape index (κ1) is 13.4. The molecular formula is C9H14N2O6. The van der Waals surface area contributed by atoms with Gasteiger partial charge in [0.15, 0.2) is 6.10 Å². The van der Waals surface area contributed by atoms with E-state index in [-0.39, 0.29) is 13.2 Å². The second-order valence-corrected chi connectivity index (χ2v) is 3.50. The van der Waals surface area contributed by atoms with Gasteiger partial charge in [-0.1, -0.05) is 0 Å². The van der Waals surface area contributed by atoms with E-state index in [9.17, 15) is 14.4 Å². The van der Waals surface area contributed by atoms with Crippen LogP contribution in [0, 0.1) is 0 Å². The number of carboxylic acids is 1. The van der Waals surface area contributed by atoms with E-state index in [0.717, 1.165) is 0 Å². The molecule has 1 saturated heterocycles. The highest BCUT2D eigenvalue weighted by atomic mass is 16.6. The molecular weight excluding hydrogens is 232 g/mol. The summed E-state index contributed by atoms with van der Waals surface area (Å²) in [7, 11) is 0.